The van der Waals surface area contributed by atoms with Crippen LogP contribution in [-0.4, -0.2) is 64.5 Å². The summed E-state index contributed by atoms with van der Waals surface area (Å²) < 4.78 is 5.41. The highest BCUT2D eigenvalue weighted by molar-refractivity contribution is 5.89. The number of anilines is 2. The summed E-state index contributed by atoms with van der Waals surface area (Å²) in [4.78, 5) is 40.4. The zero-order valence-electron chi connectivity index (χ0n) is 23.4. The number of carbonyl (C=O) groups excluding carboxylic acids is 2. The van der Waals surface area contributed by atoms with Crippen molar-refractivity contribution >= 4 is 23.8 Å². The predicted molar refractivity (Wildman–Crippen MR) is 154 cm³/mol. The zero-order valence-corrected chi connectivity index (χ0v) is 23.4. The van der Waals surface area contributed by atoms with Gasteiger partial charge in [0, 0.05) is 45.0 Å². The fraction of sp³-hybridized carbons (Fsp3) is 0.548. The second-order valence-corrected chi connectivity index (χ2v) is 11.6. The maximum absolute atomic E-state index is 12.7. The molecule has 7 rings (SSSR count). The number of benzene rings is 1. The third-order valence-electron chi connectivity index (χ3n) is 9.04. The van der Waals surface area contributed by atoms with E-state index >= 15 is 0 Å². The van der Waals surface area contributed by atoms with Gasteiger partial charge >= 0.3 is 6.09 Å². The molecule has 212 valence electrons. The van der Waals surface area contributed by atoms with Crippen molar-refractivity contribution < 1.29 is 14.3 Å². The summed E-state index contributed by atoms with van der Waals surface area (Å²) in [7, 11) is 0. The molecule has 1 N–H and O–H groups in total. The molecule has 2 unspecified atom stereocenters. The highest BCUT2D eigenvalue weighted by Crippen LogP contribution is 2.48. The van der Waals surface area contributed by atoms with Gasteiger partial charge in [-0.2, -0.15) is 4.98 Å². The SMILES string of the molecule is C=CC(=O)N1CCN(C2c3ccc(cc3)[C@H](C)Nc3ncc4c(n3)N(CCCCCC2C2CC2)C(=O)OC4)CC1. The van der Waals surface area contributed by atoms with Crippen molar-refractivity contribution in [2.75, 3.05) is 42.9 Å². The number of carbonyl (C=O) groups is 2. The van der Waals surface area contributed by atoms with E-state index in [9.17, 15) is 9.59 Å². The lowest BCUT2D eigenvalue weighted by molar-refractivity contribution is -0.128. The Labute approximate surface area is 236 Å². The molecule has 0 spiro atoms. The van der Waals surface area contributed by atoms with Crippen molar-refractivity contribution in [2.24, 2.45) is 11.8 Å². The maximum Gasteiger partial charge on any atom is 0.415 e. The fourth-order valence-corrected chi connectivity index (χ4v) is 6.64. The van der Waals surface area contributed by atoms with E-state index in [2.05, 4.69) is 53.0 Å². The summed E-state index contributed by atoms with van der Waals surface area (Å²) >= 11 is 0. The van der Waals surface area contributed by atoms with Crippen molar-refractivity contribution in [1.29, 1.82) is 0 Å². The molecule has 1 aliphatic carbocycles. The number of hydrogen-bond donors (Lipinski definition) is 1. The first kappa shape index (κ1) is 26.7. The number of rotatable bonds is 3. The quantitative estimate of drug-likeness (QED) is 0.539. The maximum atomic E-state index is 12.7. The number of piperazine rings is 1. The van der Waals surface area contributed by atoms with E-state index < -0.39 is 0 Å². The molecule has 2 aromatic rings. The van der Waals surface area contributed by atoms with E-state index in [1.807, 2.05) is 4.90 Å². The average Bonchev–Trinajstić information content (AvgIpc) is 3.82. The lowest BCUT2D eigenvalue weighted by atomic mass is 9.83. The van der Waals surface area contributed by atoms with E-state index in [1.165, 1.54) is 24.5 Å². The molecule has 9 heteroatoms. The number of cyclic esters (lactones) is 1. The summed E-state index contributed by atoms with van der Waals surface area (Å²) in [6.45, 7) is 9.81. The molecule has 0 radical (unpaired) electrons. The minimum Gasteiger partial charge on any atom is -0.444 e. The molecule has 2 fully saturated rings. The summed E-state index contributed by atoms with van der Waals surface area (Å²) in [5.74, 6) is 2.52. The summed E-state index contributed by atoms with van der Waals surface area (Å²) in [5, 5.41) is 3.44. The molecular formula is C31H40N6O3. The number of hydrogen-bond acceptors (Lipinski definition) is 7. The van der Waals surface area contributed by atoms with Gasteiger partial charge in [0.25, 0.3) is 0 Å². The Balaban J connectivity index is 1.29. The van der Waals surface area contributed by atoms with Gasteiger partial charge in [0.2, 0.25) is 11.9 Å². The van der Waals surface area contributed by atoms with Gasteiger partial charge in [0.1, 0.15) is 12.4 Å². The Kier molecular flexibility index (Phi) is 7.74. The number of nitrogens with zero attached hydrogens (tertiary/aromatic N) is 5. The van der Waals surface area contributed by atoms with Gasteiger partial charge in [-0.1, -0.05) is 43.7 Å². The van der Waals surface area contributed by atoms with Crippen LogP contribution in [0.2, 0.25) is 0 Å². The standard InChI is InChI=1S/C31H40N6O3/c1-3-27(38)35-15-17-36(18-16-35)28-24-12-8-22(9-13-24)21(2)33-30-32-19-25-20-40-31(39)37(29(25)34-30)14-6-4-5-7-26(28)23-10-11-23/h3,8-9,12-13,19,21,23,26,28H,1,4-7,10-11,14-18,20H2,2H3,(H,32,33,34)/t21-,26?,28?/m0/s1. The number of nitrogens with one attached hydrogen (secondary N) is 1. The highest BCUT2D eigenvalue weighted by Gasteiger charge is 2.40. The summed E-state index contributed by atoms with van der Waals surface area (Å²) in [6, 6.07) is 9.39. The van der Waals surface area contributed by atoms with Crippen molar-refractivity contribution in [3.63, 3.8) is 0 Å². The Bertz CT molecular complexity index is 1240. The average molecular weight is 545 g/mol. The van der Waals surface area contributed by atoms with Gasteiger partial charge in [-0.15, -0.1) is 0 Å². The molecule has 3 atom stereocenters. The van der Waals surface area contributed by atoms with Gasteiger partial charge in [0.05, 0.1) is 11.6 Å². The third kappa shape index (κ3) is 5.57. The van der Waals surface area contributed by atoms with Crippen molar-refractivity contribution in [2.45, 2.75) is 64.1 Å². The van der Waals surface area contributed by atoms with E-state index in [1.54, 1.807) is 11.1 Å². The zero-order chi connectivity index (χ0) is 27.6. The van der Waals surface area contributed by atoms with Gasteiger partial charge in [0.15, 0.2) is 0 Å². The van der Waals surface area contributed by atoms with Crippen molar-refractivity contribution in [3.8, 4) is 0 Å². The van der Waals surface area contributed by atoms with Crippen LogP contribution in [0.1, 0.15) is 74.2 Å². The topological polar surface area (TPSA) is 90.9 Å². The largest absolute Gasteiger partial charge is 0.444 e. The molecule has 1 aromatic heterocycles. The molecule has 5 heterocycles. The lowest BCUT2D eigenvalue weighted by Crippen LogP contribution is -2.50. The van der Waals surface area contributed by atoms with Crippen LogP contribution in [0.5, 0.6) is 0 Å². The Hall–Kier alpha value is -3.46. The van der Waals surface area contributed by atoms with E-state index in [4.69, 9.17) is 9.72 Å². The molecule has 5 aliphatic rings. The molecule has 4 aliphatic heterocycles. The first-order valence-electron chi connectivity index (χ1n) is 14.8. The monoisotopic (exact) mass is 544 g/mol. The molecule has 4 bridgehead atoms. The number of aromatic nitrogens is 2. The van der Waals surface area contributed by atoms with Gasteiger partial charge in [-0.05, 0) is 61.6 Å². The van der Waals surface area contributed by atoms with E-state index in [0.29, 0.717) is 30.3 Å². The smallest absolute Gasteiger partial charge is 0.415 e. The molecule has 1 saturated heterocycles. The number of ether oxygens (including phenoxy) is 1. The van der Waals surface area contributed by atoms with Crippen LogP contribution >= 0.6 is 0 Å². The Morgan fingerprint density at radius 3 is 2.50 bits per heavy atom. The van der Waals surface area contributed by atoms with Crippen LogP contribution < -0.4 is 10.2 Å². The Morgan fingerprint density at radius 1 is 1.02 bits per heavy atom. The summed E-state index contributed by atoms with van der Waals surface area (Å²) in [6.07, 6.45) is 9.68. The van der Waals surface area contributed by atoms with Crippen molar-refractivity contribution in [3.05, 3.63) is 59.8 Å². The van der Waals surface area contributed by atoms with Crippen LogP contribution in [0.15, 0.2) is 43.1 Å². The number of fused-ring (bicyclic) bond motifs is 9. The van der Waals surface area contributed by atoms with E-state index in [0.717, 1.165) is 68.9 Å². The molecule has 1 saturated carbocycles. The second kappa shape index (κ2) is 11.6. The van der Waals surface area contributed by atoms with Crippen LogP contribution in [-0.2, 0) is 16.1 Å². The molecular weight excluding hydrogens is 504 g/mol. The molecule has 9 nitrogen and oxygen atoms in total. The molecule has 2 amide bonds. The van der Waals surface area contributed by atoms with Crippen LogP contribution in [0, 0.1) is 11.8 Å². The molecule has 1 aromatic carbocycles. The predicted octanol–water partition coefficient (Wildman–Crippen LogP) is 5.08. The van der Waals surface area contributed by atoms with Crippen LogP contribution in [0.3, 0.4) is 0 Å². The van der Waals surface area contributed by atoms with Gasteiger partial charge < -0.3 is 15.0 Å². The third-order valence-corrected chi connectivity index (χ3v) is 9.04. The highest BCUT2D eigenvalue weighted by atomic mass is 16.6. The first-order valence-corrected chi connectivity index (χ1v) is 14.8. The fourth-order valence-electron chi connectivity index (χ4n) is 6.64. The molecule has 40 heavy (non-hydrogen) atoms. The minimum absolute atomic E-state index is 0.00193. The van der Waals surface area contributed by atoms with Crippen LogP contribution in [0.25, 0.3) is 0 Å². The second-order valence-electron chi connectivity index (χ2n) is 11.6. The summed E-state index contributed by atoms with van der Waals surface area (Å²) in [5.41, 5.74) is 3.36. The van der Waals surface area contributed by atoms with E-state index in [-0.39, 0.29) is 24.6 Å². The Morgan fingerprint density at radius 2 is 1.77 bits per heavy atom. The minimum atomic E-state index is -0.330. The normalized spacial score (nSPS) is 26.0. The number of amides is 2. The van der Waals surface area contributed by atoms with Gasteiger partial charge in [-0.3, -0.25) is 14.6 Å². The van der Waals surface area contributed by atoms with Crippen LogP contribution in [0.4, 0.5) is 16.6 Å². The lowest BCUT2D eigenvalue weighted by Gasteiger charge is -2.43. The van der Waals surface area contributed by atoms with Gasteiger partial charge in [-0.25, -0.2) is 9.78 Å². The van der Waals surface area contributed by atoms with Crippen molar-refractivity contribution in [1.82, 2.24) is 19.8 Å². The first-order chi connectivity index (χ1) is 19.5.